The van der Waals surface area contributed by atoms with Crippen LogP contribution in [0.4, 0.5) is 5.95 Å². The third-order valence-electron chi connectivity index (χ3n) is 3.29. The lowest BCUT2D eigenvalue weighted by molar-refractivity contribution is 0.326. The number of nitrogens with zero attached hydrogens (tertiary/aromatic N) is 4. The fourth-order valence-electron chi connectivity index (χ4n) is 2.10. The van der Waals surface area contributed by atoms with E-state index < -0.39 is 0 Å². The zero-order valence-corrected chi connectivity index (χ0v) is 14.2. The lowest BCUT2D eigenvalue weighted by Gasteiger charge is -2.10. The van der Waals surface area contributed by atoms with Crippen molar-refractivity contribution < 1.29 is 4.74 Å². The first-order valence-electron chi connectivity index (χ1n) is 7.73. The smallest absolute Gasteiger partial charge is 0.227 e. The maximum absolute atomic E-state index is 8.54. The lowest BCUT2D eigenvalue weighted by Crippen LogP contribution is -2.07. The Balaban J connectivity index is 2.21. The second kappa shape index (κ2) is 9.03. The van der Waals surface area contributed by atoms with Gasteiger partial charge in [-0.25, -0.2) is 9.97 Å². The van der Waals surface area contributed by atoms with Gasteiger partial charge in [0.05, 0.1) is 23.9 Å². The second-order valence-electron chi connectivity index (χ2n) is 5.14. The van der Waals surface area contributed by atoms with Crippen LogP contribution < -0.4 is 15.8 Å². The minimum absolute atomic E-state index is 0.361. The van der Waals surface area contributed by atoms with E-state index in [1.165, 1.54) is 6.20 Å². The Morgan fingerprint density at radius 2 is 2.16 bits per heavy atom. The third kappa shape index (κ3) is 5.04. The first-order chi connectivity index (χ1) is 12.2. The number of aliphatic imine (C=N–C) groups is 1. The molecule has 1 aromatic heterocycles. The molecule has 0 saturated carbocycles. The molecule has 0 amide bonds. The highest BCUT2D eigenvalue weighted by atomic mass is 16.5. The number of hydrogen-bond donors (Lipinski definition) is 2. The maximum atomic E-state index is 8.54. The number of nitriles is 1. The van der Waals surface area contributed by atoms with Crippen LogP contribution in [0.3, 0.4) is 0 Å². The van der Waals surface area contributed by atoms with Gasteiger partial charge in [0.1, 0.15) is 12.4 Å². The van der Waals surface area contributed by atoms with Crippen LogP contribution in [0.15, 0.2) is 47.4 Å². The lowest BCUT2D eigenvalue weighted by atomic mass is 10.1. The molecule has 0 unspecified atom stereocenters. The molecule has 7 heteroatoms. The minimum atomic E-state index is 0.361. The Morgan fingerprint density at radius 1 is 1.40 bits per heavy atom. The molecule has 7 nitrogen and oxygen atoms in total. The van der Waals surface area contributed by atoms with E-state index in [1.807, 2.05) is 37.3 Å². The van der Waals surface area contributed by atoms with Crippen LogP contribution in [0.2, 0.25) is 0 Å². The zero-order valence-electron chi connectivity index (χ0n) is 14.2. The summed E-state index contributed by atoms with van der Waals surface area (Å²) in [5.74, 6) is 1.16. The standard InChI is InChI=1S/C18H20N6O/c1-13-11-22-18(23-15(10-20)12-21-2)24-17(13)14-4-6-16(7-5-14)25-9-3-8-19/h4-7,10-12H,3,9,20H2,1-2H3,(H,22,23,24). The molecule has 0 atom stereocenters. The Bertz CT molecular complexity index is 805. The number of rotatable bonds is 7. The number of ether oxygens (including phenoxy) is 1. The molecule has 128 valence electrons. The van der Waals surface area contributed by atoms with E-state index in [9.17, 15) is 0 Å². The van der Waals surface area contributed by atoms with Crippen LogP contribution in [0, 0.1) is 18.3 Å². The van der Waals surface area contributed by atoms with Crippen LogP contribution in [0.25, 0.3) is 11.3 Å². The predicted molar refractivity (Wildman–Crippen MR) is 98.2 cm³/mol. The van der Waals surface area contributed by atoms with Crippen molar-refractivity contribution in [3.05, 3.63) is 47.9 Å². The van der Waals surface area contributed by atoms with Crippen molar-refractivity contribution in [3.8, 4) is 23.1 Å². The molecular weight excluding hydrogens is 316 g/mol. The molecule has 25 heavy (non-hydrogen) atoms. The Kier molecular flexibility index (Phi) is 6.48. The van der Waals surface area contributed by atoms with Crippen LogP contribution in [0.5, 0.6) is 5.75 Å². The molecule has 0 aliphatic rings. The number of aromatic nitrogens is 2. The molecule has 0 aliphatic heterocycles. The summed E-state index contributed by atoms with van der Waals surface area (Å²) >= 11 is 0. The van der Waals surface area contributed by atoms with Crippen LogP contribution in [-0.4, -0.2) is 29.8 Å². The van der Waals surface area contributed by atoms with Gasteiger partial charge in [-0.3, -0.25) is 4.99 Å². The van der Waals surface area contributed by atoms with Crippen molar-refractivity contribution >= 4 is 12.2 Å². The Morgan fingerprint density at radius 3 is 2.80 bits per heavy atom. The highest BCUT2D eigenvalue weighted by Gasteiger charge is 2.08. The van der Waals surface area contributed by atoms with E-state index in [0.717, 1.165) is 22.6 Å². The van der Waals surface area contributed by atoms with Crippen molar-refractivity contribution in [2.45, 2.75) is 13.3 Å². The number of nitrogens with two attached hydrogens (primary N) is 1. The van der Waals surface area contributed by atoms with E-state index in [4.69, 9.17) is 15.7 Å². The van der Waals surface area contributed by atoms with E-state index in [0.29, 0.717) is 24.7 Å². The van der Waals surface area contributed by atoms with E-state index in [-0.39, 0.29) is 0 Å². The van der Waals surface area contributed by atoms with Gasteiger partial charge < -0.3 is 15.8 Å². The first kappa shape index (κ1) is 17.9. The fourth-order valence-corrected chi connectivity index (χ4v) is 2.10. The summed E-state index contributed by atoms with van der Waals surface area (Å²) in [6.45, 7) is 2.33. The molecule has 0 fully saturated rings. The van der Waals surface area contributed by atoms with Crippen LogP contribution in [-0.2, 0) is 0 Å². The molecule has 0 aliphatic carbocycles. The summed E-state index contributed by atoms with van der Waals surface area (Å²) in [4.78, 5) is 12.7. The number of allylic oxidation sites excluding steroid dienone is 1. The number of anilines is 1. The summed E-state index contributed by atoms with van der Waals surface area (Å²) < 4.78 is 5.48. The van der Waals surface area contributed by atoms with Crippen molar-refractivity contribution in [2.24, 2.45) is 10.7 Å². The van der Waals surface area contributed by atoms with Gasteiger partial charge in [0.15, 0.2) is 0 Å². The largest absolute Gasteiger partial charge is 0.493 e. The molecule has 3 N–H and O–H groups in total. The number of benzene rings is 1. The quantitative estimate of drug-likeness (QED) is 0.594. The summed E-state index contributed by atoms with van der Waals surface area (Å²) in [5, 5.41) is 11.6. The van der Waals surface area contributed by atoms with Gasteiger partial charge in [-0.05, 0) is 36.8 Å². The molecule has 2 rings (SSSR count). The van der Waals surface area contributed by atoms with E-state index in [1.54, 1.807) is 19.5 Å². The Hall–Kier alpha value is -3.40. The highest BCUT2D eigenvalue weighted by Crippen LogP contribution is 2.24. The van der Waals surface area contributed by atoms with Crippen molar-refractivity contribution in [2.75, 3.05) is 19.0 Å². The maximum Gasteiger partial charge on any atom is 0.227 e. The molecular formula is C18H20N6O. The SMILES string of the molecule is CN=CC(=CN)Nc1ncc(C)c(-c2ccc(OCCC#N)cc2)n1. The summed E-state index contributed by atoms with van der Waals surface area (Å²) in [6.07, 6.45) is 5.11. The summed E-state index contributed by atoms with van der Waals surface area (Å²) in [7, 11) is 1.66. The van der Waals surface area contributed by atoms with Gasteiger partial charge in [0, 0.05) is 31.2 Å². The molecule has 1 aromatic carbocycles. The molecule has 0 bridgehead atoms. The average molecular weight is 336 g/mol. The number of aryl methyl sites for hydroxylation is 1. The predicted octanol–water partition coefficient (Wildman–Crippen LogP) is 2.66. The highest BCUT2D eigenvalue weighted by molar-refractivity contribution is 5.82. The van der Waals surface area contributed by atoms with Gasteiger partial charge in [-0.15, -0.1) is 0 Å². The molecule has 0 saturated heterocycles. The van der Waals surface area contributed by atoms with E-state index in [2.05, 4.69) is 20.3 Å². The van der Waals surface area contributed by atoms with E-state index >= 15 is 0 Å². The molecule has 0 spiro atoms. The minimum Gasteiger partial charge on any atom is -0.493 e. The fraction of sp³-hybridized carbons (Fsp3) is 0.222. The van der Waals surface area contributed by atoms with Gasteiger partial charge in [-0.2, -0.15) is 5.26 Å². The third-order valence-corrected chi connectivity index (χ3v) is 3.29. The van der Waals surface area contributed by atoms with Crippen molar-refractivity contribution in [1.29, 1.82) is 5.26 Å². The van der Waals surface area contributed by atoms with Gasteiger partial charge in [0.25, 0.3) is 0 Å². The topological polar surface area (TPSA) is 109 Å². The second-order valence-corrected chi connectivity index (χ2v) is 5.14. The Labute approximate surface area is 146 Å². The molecule has 1 heterocycles. The number of nitrogens with one attached hydrogen (secondary N) is 1. The van der Waals surface area contributed by atoms with Crippen molar-refractivity contribution in [1.82, 2.24) is 9.97 Å². The van der Waals surface area contributed by atoms with Crippen molar-refractivity contribution in [3.63, 3.8) is 0 Å². The van der Waals surface area contributed by atoms with Crippen LogP contribution >= 0.6 is 0 Å². The van der Waals surface area contributed by atoms with Gasteiger partial charge in [-0.1, -0.05) is 0 Å². The summed E-state index contributed by atoms with van der Waals surface area (Å²) in [6, 6.07) is 9.61. The monoisotopic (exact) mass is 336 g/mol. The van der Waals surface area contributed by atoms with Gasteiger partial charge >= 0.3 is 0 Å². The number of hydrogen-bond acceptors (Lipinski definition) is 7. The van der Waals surface area contributed by atoms with Gasteiger partial charge in [0.2, 0.25) is 5.95 Å². The van der Waals surface area contributed by atoms with Crippen LogP contribution in [0.1, 0.15) is 12.0 Å². The summed E-state index contributed by atoms with van der Waals surface area (Å²) in [5.41, 5.74) is 8.86. The first-order valence-corrected chi connectivity index (χ1v) is 7.73. The zero-order chi connectivity index (χ0) is 18.1. The molecule has 2 aromatic rings. The molecule has 0 radical (unpaired) electrons. The normalized spacial score (nSPS) is 11.3. The average Bonchev–Trinajstić information content (AvgIpc) is 2.64.